The molecule has 1 unspecified atom stereocenters. The molecule has 190 valence electrons. The molecule has 1 aliphatic rings. The lowest BCUT2D eigenvalue weighted by Crippen LogP contribution is -2.37. The van der Waals surface area contributed by atoms with Gasteiger partial charge in [0.2, 0.25) is 5.91 Å². The number of H-pyrrole nitrogens is 1. The second-order valence-electron chi connectivity index (χ2n) is 9.99. The Morgan fingerprint density at radius 1 is 1.03 bits per heavy atom. The van der Waals surface area contributed by atoms with Gasteiger partial charge in [0.1, 0.15) is 5.75 Å². The van der Waals surface area contributed by atoms with Gasteiger partial charge in [0.15, 0.2) is 0 Å². The summed E-state index contributed by atoms with van der Waals surface area (Å²) in [5, 5.41) is 14.2. The zero-order valence-electron chi connectivity index (χ0n) is 20.7. The first-order valence-corrected chi connectivity index (χ1v) is 12.9. The molecule has 4 aromatic rings. The van der Waals surface area contributed by atoms with Gasteiger partial charge in [-0.3, -0.25) is 14.6 Å². The van der Waals surface area contributed by atoms with Crippen LogP contribution < -0.4 is 16.6 Å². The van der Waals surface area contributed by atoms with Crippen molar-refractivity contribution in [2.24, 2.45) is 17.6 Å². The van der Waals surface area contributed by atoms with Crippen LogP contribution in [0.2, 0.25) is 0 Å². The lowest BCUT2D eigenvalue weighted by Gasteiger charge is -2.29. The van der Waals surface area contributed by atoms with E-state index in [-0.39, 0.29) is 29.2 Å². The second-order valence-corrected chi connectivity index (χ2v) is 9.99. The van der Waals surface area contributed by atoms with Gasteiger partial charge in [-0.05, 0) is 79.5 Å². The van der Waals surface area contributed by atoms with E-state index in [0.29, 0.717) is 29.8 Å². The minimum atomic E-state index is -0.350. The van der Waals surface area contributed by atoms with Crippen LogP contribution in [0.1, 0.15) is 42.9 Å². The minimum absolute atomic E-state index is 0.00262. The Labute approximate surface area is 215 Å². The SMILES string of the molecule is NCC1CCC(C(=O)NC(Cc2ccccc2)c2cncc(-c3ccc4[nH]c(=O)cc(O)c4c3)c2)CC1. The summed E-state index contributed by atoms with van der Waals surface area (Å²) in [6.07, 6.45) is 7.95. The maximum absolute atomic E-state index is 13.3. The molecule has 1 amide bonds. The largest absolute Gasteiger partial charge is 0.507 e. The highest BCUT2D eigenvalue weighted by atomic mass is 16.3. The summed E-state index contributed by atoms with van der Waals surface area (Å²) in [5.41, 5.74) is 9.81. The van der Waals surface area contributed by atoms with Crippen LogP contribution in [0.3, 0.4) is 0 Å². The summed E-state index contributed by atoms with van der Waals surface area (Å²) in [6, 6.07) is 18.6. The van der Waals surface area contributed by atoms with Crippen LogP contribution in [-0.2, 0) is 11.2 Å². The Morgan fingerprint density at radius 3 is 2.57 bits per heavy atom. The average Bonchev–Trinajstić information content (AvgIpc) is 2.93. The normalized spacial score (nSPS) is 18.4. The van der Waals surface area contributed by atoms with Gasteiger partial charge in [-0.25, -0.2) is 0 Å². The zero-order valence-corrected chi connectivity index (χ0v) is 20.7. The van der Waals surface area contributed by atoms with E-state index in [0.717, 1.165) is 47.9 Å². The van der Waals surface area contributed by atoms with Crippen molar-refractivity contribution in [3.05, 3.63) is 94.5 Å². The van der Waals surface area contributed by atoms with E-state index in [1.165, 1.54) is 6.07 Å². The highest BCUT2D eigenvalue weighted by molar-refractivity contribution is 5.89. The fraction of sp³-hybridized carbons (Fsp3) is 0.300. The van der Waals surface area contributed by atoms with Crippen LogP contribution in [0.15, 0.2) is 77.9 Å². The number of rotatable bonds is 7. The Hall–Kier alpha value is -3.97. The summed E-state index contributed by atoms with van der Waals surface area (Å²) in [7, 11) is 0. The molecule has 0 saturated heterocycles. The summed E-state index contributed by atoms with van der Waals surface area (Å²) < 4.78 is 0. The fourth-order valence-corrected chi connectivity index (χ4v) is 5.27. The molecule has 5 N–H and O–H groups in total. The molecule has 2 aromatic carbocycles. The first-order chi connectivity index (χ1) is 18.0. The number of carbonyl (C=O) groups excluding carboxylic acids is 1. The number of pyridine rings is 2. The molecule has 7 heteroatoms. The van der Waals surface area contributed by atoms with Gasteiger partial charge in [-0.2, -0.15) is 0 Å². The number of aromatic amines is 1. The lowest BCUT2D eigenvalue weighted by molar-refractivity contribution is -0.127. The van der Waals surface area contributed by atoms with Gasteiger partial charge in [-0.1, -0.05) is 36.4 Å². The fourth-order valence-electron chi connectivity index (χ4n) is 5.27. The molecule has 1 saturated carbocycles. The molecule has 5 rings (SSSR count). The quantitative estimate of drug-likeness (QED) is 0.301. The number of nitrogens with two attached hydrogens (primary N) is 1. The van der Waals surface area contributed by atoms with E-state index in [1.807, 2.05) is 36.4 Å². The van der Waals surface area contributed by atoms with Crippen LogP contribution in [0, 0.1) is 11.8 Å². The maximum Gasteiger partial charge on any atom is 0.252 e. The molecule has 1 atom stereocenters. The number of nitrogens with one attached hydrogen (secondary N) is 2. The van der Waals surface area contributed by atoms with Gasteiger partial charge >= 0.3 is 0 Å². The first kappa shape index (κ1) is 24.7. The van der Waals surface area contributed by atoms with Gasteiger partial charge in [0, 0.05) is 35.3 Å². The summed E-state index contributed by atoms with van der Waals surface area (Å²) in [6.45, 7) is 0.687. The van der Waals surface area contributed by atoms with E-state index < -0.39 is 0 Å². The van der Waals surface area contributed by atoms with Gasteiger partial charge < -0.3 is 21.1 Å². The van der Waals surface area contributed by atoms with Crippen LogP contribution in [0.4, 0.5) is 0 Å². The molecule has 2 aromatic heterocycles. The number of amides is 1. The Morgan fingerprint density at radius 2 is 1.81 bits per heavy atom. The molecule has 37 heavy (non-hydrogen) atoms. The molecule has 0 bridgehead atoms. The van der Waals surface area contributed by atoms with Gasteiger partial charge in [0.05, 0.1) is 11.6 Å². The number of hydrogen-bond acceptors (Lipinski definition) is 5. The highest BCUT2D eigenvalue weighted by Crippen LogP contribution is 2.31. The molecule has 1 fully saturated rings. The number of benzene rings is 2. The summed E-state index contributed by atoms with van der Waals surface area (Å²) in [4.78, 5) is 32.2. The highest BCUT2D eigenvalue weighted by Gasteiger charge is 2.27. The smallest absolute Gasteiger partial charge is 0.252 e. The molecule has 0 aliphatic heterocycles. The van der Waals surface area contributed by atoms with Crippen molar-refractivity contribution in [2.75, 3.05) is 6.54 Å². The summed E-state index contributed by atoms with van der Waals surface area (Å²) in [5.74, 6) is 0.539. The van der Waals surface area contributed by atoms with E-state index in [1.54, 1.807) is 18.5 Å². The van der Waals surface area contributed by atoms with Gasteiger partial charge in [-0.15, -0.1) is 0 Å². The molecule has 2 heterocycles. The number of fused-ring (bicyclic) bond motifs is 1. The lowest BCUT2D eigenvalue weighted by atomic mass is 9.81. The Bertz CT molecular complexity index is 1440. The third-order valence-corrected chi connectivity index (χ3v) is 7.47. The minimum Gasteiger partial charge on any atom is -0.507 e. The topological polar surface area (TPSA) is 121 Å². The van der Waals surface area contributed by atoms with E-state index in [9.17, 15) is 14.7 Å². The van der Waals surface area contributed by atoms with Crippen molar-refractivity contribution in [3.63, 3.8) is 0 Å². The molecule has 1 aliphatic carbocycles. The van der Waals surface area contributed by atoms with E-state index >= 15 is 0 Å². The van der Waals surface area contributed by atoms with Gasteiger partial charge in [0.25, 0.3) is 5.56 Å². The van der Waals surface area contributed by atoms with Crippen molar-refractivity contribution in [3.8, 4) is 16.9 Å². The number of carbonyl (C=O) groups is 1. The molecule has 0 spiro atoms. The van der Waals surface area contributed by atoms with Crippen molar-refractivity contribution >= 4 is 16.8 Å². The summed E-state index contributed by atoms with van der Waals surface area (Å²) >= 11 is 0. The third-order valence-electron chi connectivity index (χ3n) is 7.47. The van der Waals surface area contributed by atoms with Crippen LogP contribution >= 0.6 is 0 Å². The van der Waals surface area contributed by atoms with Crippen molar-refractivity contribution in [1.29, 1.82) is 0 Å². The van der Waals surface area contributed by atoms with Crippen LogP contribution in [0.5, 0.6) is 5.75 Å². The number of hydrogen-bond donors (Lipinski definition) is 4. The zero-order chi connectivity index (χ0) is 25.8. The van der Waals surface area contributed by atoms with Crippen molar-refractivity contribution < 1.29 is 9.90 Å². The van der Waals surface area contributed by atoms with Crippen LogP contribution in [0.25, 0.3) is 22.0 Å². The molecule has 7 nitrogen and oxygen atoms in total. The second kappa shape index (κ2) is 11.0. The molecular formula is C30H32N4O3. The standard InChI is InChI=1S/C30H32N4O3/c31-16-20-6-8-21(9-7-20)30(37)34-27(12-19-4-2-1-3-5-19)24-13-23(17-32-18-24)22-10-11-26-25(14-22)28(35)15-29(36)33-26/h1-5,10-11,13-15,17-18,20-21,27H,6-9,12,16,31H2,(H,34,37)(H2,33,35,36). The van der Waals surface area contributed by atoms with Crippen LogP contribution in [-0.4, -0.2) is 27.5 Å². The average molecular weight is 497 g/mol. The number of aromatic hydroxyl groups is 1. The molecular weight excluding hydrogens is 464 g/mol. The van der Waals surface area contributed by atoms with Crippen molar-refractivity contribution in [2.45, 2.75) is 38.1 Å². The molecule has 0 radical (unpaired) electrons. The Balaban J connectivity index is 1.44. The van der Waals surface area contributed by atoms with Crippen molar-refractivity contribution in [1.82, 2.24) is 15.3 Å². The third kappa shape index (κ3) is 5.73. The number of aromatic nitrogens is 2. The number of nitrogens with zero attached hydrogens (tertiary/aromatic N) is 1. The van der Waals surface area contributed by atoms with E-state index in [4.69, 9.17) is 5.73 Å². The van der Waals surface area contributed by atoms with E-state index in [2.05, 4.69) is 27.4 Å². The first-order valence-electron chi connectivity index (χ1n) is 12.9. The Kier molecular flexibility index (Phi) is 7.32. The predicted molar refractivity (Wildman–Crippen MR) is 145 cm³/mol. The monoisotopic (exact) mass is 496 g/mol. The predicted octanol–water partition coefficient (Wildman–Crippen LogP) is 4.46. The maximum atomic E-state index is 13.3.